The minimum atomic E-state index is -4.26. The summed E-state index contributed by atoms with van der Waals surface area (Å²) in [6.07, 6.45) is 1.79. The van der Waals surface area contributed by atoms with Gasteiger partial charge >= 0.3 is 0 Å². The van der Waals surface area contributed by atoms with Gasteiger partial charge in [0, 0.05) is 0 Å². The molecule has 2 aliphatic rings. The first-order valence-electron chi connectivity index (χ1n) is 8.75. The summed E-state index contributed by atoms with van der Waals surface area (Å²) in [5.41, 5.74) is 0. The second-order valence-corrected chi connectivity index (χ2v) is 11.6. The lowest BCUT2D eigenvalue weighted by atomic mass is 9.64. The van der Waals surface area contributed by atoms with E-state index >= 15 is 0 Å². The third-order valence-corrected chi connectivity index (χ3v) is 9.32. The molecule has 0 aliphatic heterocycles. The van der Waals surface area contributed by atoms with Crippen molar-refractivity contribution in [1.29, 1.82) is 0 Å². The molecule has 0 radical (unpaired) electrons. The van der Waals surface area contributed by atoms with E-state index in [1.807, 2.05) is 27.7 Å². The molecule has 0 aromatic rings. The van der Waals surface area contributed by atoms with Crippen LogP contribution in [0.1, 0.15) is 53.4 Å². The van der Waals surface area contributed by atoms with E-state index in [1.165, 1.54) is 0 Å². The summed E-state index contributed by atoms with van der Waals surface area (Å²) in [4.78, 5) is 0. The molecule has 8 atom stereocenters. The van der Waals surface area contributed by atoms with Gasteiger partial charge < -0.3 is 0 Å². The molecule has 0 saturated heterocycles. The lowest BCUT2D eigenvalue weighted by Gasteiger charge is -2.47. The standard InChI is InChI=1S/C16H30O6S2/c1-9-5-13(15(7-11(9)3)23(17,18)19)14-6-10(2)12(4)8-16(14)24(20,21)22/h9-16H,5-8H2,1-4H3,(H,17,18,19)(H,20,21,22). The van der Waals surface area contributed by atoms with Crippen molar-refractivity contribution in [3.8, 4) is 0 Å². The largest absolute Gasteiger partial charge is 0.285 e. The Balaban J connectivity index is 2.42. The van der Waals surface area contributed by atoms with E-state index < -0.39 is 42.6 Å². The van der Waals surface area contributed by atoms with E-state index in [4.69, 9.17) is 0 Å². The van der Waals surface area contributed by atoms with Gasteiger partial charge in [0.1, 0.15) is 0 Å². The third-order valence-electron chi connectivity index (χ3n) is 6.71. The van der Waals surface area contributed by atoms with Gasteiger partial charge in [-0.3, -0.25) is 9.11 Å². The van der Waals surface area contributed by atoms with E-state index in [1.54, 1.807) is 0 Å². The molecule has 24 heavy (non-hydrogen) atoms. The lowest BCUT2D eigenvalue weighted by Crippen LogP contribution is -2.49. The van der Waals surface area contributed by atoms with Gasteiger partial charge in [0.15, 0.2) is 0 Å². The Morgan fingerprint density at radius 3 is 1.08 bits per heavy atom. The van der Waals surface area contributed by atoms with Crippen LogP contribution < -0.4 is 0 Å². The van der Waals surface area contributed by atoms with E-state index in [2.05, 4.69) is 0 Å². The number of hydrogen-bond donors (Lipinski definition) is 2. The molecule has 8 heteroatoms. The average Bonchev–Trinajstić information content (AvgIpc) is 2.41. The maximum atomic E-state index is 11.9. The van der Waals surface area contributed by atoms with Crippen molar-refractivity contribution in [3.05, 3.63) is 0 Å². The Morgan fingerprint density at radius 2 is 0.833 bits per heavy atom. The number of rotatable bonds is 3. The van der Waals surface area contributed by atoms with Gasteiger partial charge in [0.25, 0.3) is 20.2 Å². The highest BCUT2D eigenvalue weighted by molar-refractivity contribution is 7.86. The molecule has 0 spiro atoms. The van der Waals surface area contributed by atoms with Crippen molar-refractivity contribution in [2.24, 2.45) is 35.5 Å². The first-order chi connectivity index (χ1) is 10.8. The summed E-state index contributed by atoms with van der Waals surface area (Å²) in [6, 6.07) is 0. The van der Waals surface area contributed by atoms with Crippen LogP contribution >= 0.6 is 0 Å². The zero-order valence-corrected chi connectivity index (χ0v) is 16.4. The van der Waals surface area contributed by atoms with Crippen LogP contribution in [0.25, 0.3) is 0 Å². The fourth-order valence-corrected chi connectivity index (χ4v) is 7.36. The normalized spacial score (nSPS) is 45.1. The highest BCUT2D eigenvalue weighted by Gasteiger charge is 2.50. The molecule has 2 fully saturated rings. The monoisotopic (exact) mass is 382 g/mol. The Labute approximate surface area is 145 Å². The van der Waals surface area contributed by atoms with Gasteiger partial charge in [-0.05, 0) is 61.2 Å². The maximum absolute atomic E-state index is 11.9. The lowest BCUT2D eigenvalue weighted by molar-refractivity contribution is 0.0959. The van der Waals surface area contributed by atoms with Crippen LogP contribution in [0.2, 0.25) is 0 Å². The van der Waals surface area contributed by atoms with Gasteiger partial charge in [0.05, 0.1) is 10.5 Å². The van der Waals surface area contributed by atoms with Gasteiger partial charge in [-0.15, -0.1) is 0 Å². The smallest absolute Gasteiger partial charge is 0.268 e. The minimum Gasteiger partial charge on any atom is -0.285 e. The second kappa shape index (κ2) is 6.85. The predicted octanol–water partition coefficient (Wildman–Crippen LogP) is 2.86. The first-order valence-corrected chi connectivity index (χ1v) is 11.8. The number of hydrogen-bond acceptors (Lipinski definition) is 4. The predicted molar refractivity (Wildman–Crippen MR) is 92.8 cm³/mol. The van der Waals surface area contributed by atoms with Crippen LogP contribution in [0.4, 0.5) is 0 Å². The molecular formula is C16H30O6S2. The zero-order chi connectivity index (χ0) is 18.4. The van der Waals surface area contributed by atoms with Crippen molar-refractivity contribution >= 4 is 20.2 Å². The van der Waals surface area contributed by atoms with Gasteiger partial charge in [-0.1, -0.05) is 27.7 Å². The fourth-order valence-electron chi connectivity index (χ4n) is 4.76. The van der Waals surface area contributed by atoms with Crippen molar-refractivity contribution in [3.63, 3.8) is 0 Å². The molecule has 6 nitrogen and oxygen atoms in total. The van der Waals surface area contributed by atoms with Gasteiger partial charge in [-0.2, -0.15) is 16.8 Å². The van der Waals surface area contributed by atoms with Crippen molar-refractivity contribution in [2.45, 2.75) is 63.9 Å². The molecule has 2 saturated carbocycles. The zero-order valence-electron chi connectivity index (χ0n) is 14.8. The van der Waals surface area contributed by atoms with E-state index in [9.17, 15) is 25.9 Å². The molecule has 0 heterocycles. The van der Waals surface area contributed by atoms with Crippen LogP contribution in [-0.2, 0) is 20.2 Å². The summed E-state index contributed by atoms with van der Waals surface area (Å²) in [6.45, 7) is 8.00. The Kier molecular flexibility index (Phi) is 5.75. The molecule has 142 valence electrons. The molecule has 0 bridgehead atoms. The van der Waals surface area contributed by atoms with E-state index in [0.717, 1.165) is 0 Å². The highest BCUT2D eigenvalue weighted by Crippen LogP contribution is 2.48. The van der Waals surface area contributed by atoms with Crippen LogP contribution in [0.15, 0.2) is 0 Å². The summed E-state index contributed by atoms with van der Waals surface area (Å²) >= 11 is 0. The molecule has 2 rings (SSSR count). The van der Waals surface area contributed by atoms with Gasteiger partial charge in [-0.25, -0.2) is 0 Å². The molecule has 0 aromatic carbocycles. The second-order valence-electron chi connectivity index (χ2n) is 8.29. The van der Waals surface area contributed by atoms with Crippen LogP contribution in [0.3, 0.4) is 0 Å². The minimum absolute atomic E-state index is 0.150. The molecule has 2 N–H and O–H groups in total. The first kappa shape index (κ1) is 20.1. The topological polar surface area (TPSA) is 109 Å². The van der Waals surface area contributed by atoms with E-state index in [-0.39, 0.29) is 23.7 Å². The van der Waals surface area contributed by atoms with Crippen molar-refractivity contribution in [1.82, 2.24) is 0 Å². The van der Waals surface area contributed by atoms with Crippen LogP contribution in [0.5, 0.6) is 0 Å². The average molecular weight is 383 g/mol. The quantitative estimate of drug-likeness (QED) is 0.727. The summed E-state index contributed by atoms with van der Waals surface area (Å²) < 4.78 is 67.2. The molecule has 8 unspecified atom stereocenters. The van der Waals surface area contributed by atoms with Crippen molar-refractivity contribution < 1.29 is 25.9 Å². The van der Waals surface area contributed by atoms with Crippen molar-refractivity contribution in [2.75, 3.05) is 0 Å². The molecular weight excluding hydrogens is 352 g/mol. The summed E-state index contributed by atoms with van der Waals surface area (Å²) in [5, 5.41) is -1.89. The van der Waals surface area contributed by atoms with Crippen LogP contribution in [-0.4, -0.2) is 36.4 Å². The highest BCUT2D eigenvalue weighted by atomic mass is 32.2. The summed E-state index contributed by atoms with van der Waals surface area (Å²) in [7, 11) is -8.51. The van der Waals surface area contributed by atoms with Gasteiger partial charge in [0.2, 0.25) is 0 Å². The molecule has 0 amide bonds. The summed E-state index contributed by atoms with van der Waals surface area (Å²) in [5.74, 6) is -0.0647. The Morgan fingerprint density at radius 1 is 0.583 bits per heavy atom. The van der Waals surface area contributed by atoms with Crippen LogP contribution in [0, 0.1) is 35.5 Å². The molecule has 2 aliphatic carbocycles. The van der Waals surface area contributed by atoms with E-state index in [0.29, 0.717) is 25.7 Å². The maximum Gasteiger partial charge on any atom is 0.268 e. The SMILES string of the molecule is CC1CC(C2CC(C)C(C)CC2S(=O)(=O)O)C(S(=O)(=O)O)CC1C. The Hall–Kier alpha value is -0.180. The molecule has 0 aromatic heterocycles. The Bertz CT molecular complexity index is 598. The fraction of sp³-hybridized carbons (Fsp3) is 1.00. The third kappa shape index (κ3) is 4.14.